The number of carbonyl (C=O) groups is 1. The summed E-state index contributed by atoms with van der Waals surface area (Å²) < 4.78 is 0. The molecule has 2 aliphatic carbocycles. The fourth-order valence-corrected chi connectivity index (χ4v) is 6.00. The van der Waals surface area contributed by atoms with E-state index >= 15 is 0 Å². The molecule has 0 spiro atoms. The molecule has 2 aromatic carbocycles. The number of para-hydroxylation sites is 1. The van der Waals surface area contributed by atoms with E-state index in [-0.39, 0.29) is 11.2 Å². The maximum Gasteiger partial charge on any atom is 0.194 e. The quantitative estimate of drug-likeness (QED) is 0.608. The van der Waals surface area contributed by atoms with Crippen LogP contribution in [-0.2, 0) is 5.41 Å². The smallest absolute Gasteiger partial charge is 0.194 e. The largest absolute Gasteiger partial charge is 0.323 e. The van der Waals surface area contributed by atoms with Crippen molar-refractivity contribution in [2.75, 3.05) is 4.90 Å². The van der Waals surface area contributed by atoms with Crippen LogP contribution < -0.4 is 4.90 Å². The lowest BCUT2D eigenvalue weighted by molar-refractivity contribution is 0.104. The summed E-state index contributed by atoms with van der Waals surface area (Å²) in [6.07, 6.45) is 4.86. The van der Waals surface area contributed by atoms with Gasteiger partial charge in [-0.25, -0.2) is 0 Å². The summed E-state index contributed by atoms with van der Waals surface area (Å²) in [5, 5.41) is 20.6. The lowest BCUT2D eigenvalue weighted by atomic mass is 9.71. The van der Waals surface area contributed by atoms with Gasteiger partial charge in [0, 0.05) is 33.5 Å². The first-order valence-corrected chi connectivity index (χ1v) is 10.6. The van der Waals surface area contributed by atoms with Gasteiger partial charge in [0.05, 0.1) is 17.7 Å². The number of nitriles is 2. The first-order chi connectivity index (χ1) is 15.1. The molecular formula is C27H19N3O. The van der Waals surface area contributed by atoms with Gasteiger partial charge in [0.15, 0.2) is 11.8 Å². The summed E-state index contributed by atoms with van der Waals surface area (Å²) in [7, 11) is 0. The predicted molar refractivity (Wildman–Crippen MR) is 118 cm³/mol. The summed E-state index contributed by atoms with van der Waals surface area (Å²) in [6, 6.07) is 19.6. The highest BCUT2D eigenvalue weighted by Gasteiger charge is 2.51. The van der Waals surface area contributed by atoms with Gasteiger partial charge in [0.2, 0.25) is 0 Å². The highest BCUT2D eigenvalue weighted by molar-refractivity contribution is 6.28. The number of allylic oxidation sites excluding steroid dienone is 5. The van der Waals surface area contributed by atoms with Crippen LogP contribution in [0.4, 0.5) is 5.69 Å². The molecule has 0 fully saturated rings. The van der Waals surface area contributed by atoms with Crippen molar-refractivity contribution in [3.8, 4) is 12.1 Å². The fourth-order valence-electron chi connectivity index (χ4n) is 6.00. The Hall–Kier alpha value is -3.89. The predicted octanol–water partition coefficient (Wildman–Crippen LogP) is 5.21. The zero-order valence-electron chi connectivity index (χ0n) is 17.1. The van der Waals surface area contributed by atoms with Gasteiger partial charge in [-0.2, -0.15) is 10.5 Å². The Labute approximate surface area is 181 Å². The molecule has 0 N–H and O–H groups in total. The molecule has 0 aromatic heterocycles. The van der Waals surface area contributed by atoms with Crippen LogP contribution in [0.15, 0.2) is 77.0 Å². The van der Waals surface area contributed by atoms with Gasteiger partial charge in [-0.1, -0.05) is 42.5 Å². The van der Waals surface area contributed by atoms with Crippen LogP contribution in [0, 0.1) is 22.7 Å². The highest BCUT2D eigenvalue weighted by atomic mass is 16.1. The van der Waals surface area contributed by atoms with Crippen molar-refractivity contribution >= 4 is 17.0 Å². The van der Waals surface area contributed by atoms with E-state index in [1.165, 1.54) is 5.56 Å². The van der Waals surface area contributed by atoms with Crippen LogP contribution in [-0.4, -0.2) is 11.8 Å². The Morgan fingerprint density at radius 1 is 1.06 bits per heavy atom. The van der Waals surface area contributed by atoms with Crippen molar-refractivity contribution < 1.29 is 4.79 Å². The van der Waals surface area contributed by atoms with Gasteiger partial charge < -0.3 is 4.90 Å². The number of carbonyl (C=O) groups excluding carboxylic acids is 1. The molecule has 4 nitrogen and oxygen atoms in total. The zero-order chi connectivity index (χ0) is 21.3. The number of Topliss-reactive ketones (excluding diaryl/α,β-unsaturated/α-hetero) is 1. The number of nitrogens with zero attached hydrogens (tertiary/aromatic N) is 3. The number of anilines is 1. The molecule has 2 unspecified atom stereocenters. The van der Waals surface area contributed by atoms with Gasteiger partial charge in [0.25, 0.3) is 0 Å². The normalized spacial score (nSPS) is 29.5. The monoisotopic (exact) mass is 401 g/mol. The SMILES string of the molecule is CC12CCCC3=C1N(c1ccccc12)C(C#N)/C(C#N)=C1\C(=C\3)C(=O)c2ccccc21. The summed E-state index contributed by atoms with van der Waals surface area (Å²) in [6.45, 7) is 2.23. The van der Waals surface area contributed by atoms with Crippen LogP contribution in [0.25, 0.3) is 5.57 Å². The molecule has 2 aliphatic heterocycles. The number of benzene rings is 2. The van der Waals surface area contributed by atoms with E-state index in [2.05, 4.69) is 30.0 Å². The first-order valence-electron chi connectivity index (χ1n) is 10.6. The second kappa shape index (κ2) is 6.06. The van der Waals surface area contributed by atoms with Crippen molar-refractivity contribution in [2.24, 2.45) is 0 Å². The lowest BCUT2D eigenvalue weighted by Gasteiger charge is -2.38. The summed E-state index contributed by atoms with van der Waals surface area (Å²) in [4.78, 5) is 15.5. The third-order valence-electron chi connectivity index (χ3n) is 7.27. The molecule has 0 saturated heterocycles. The number of hydrogen-bond donors (Lipinski definition) is 0. The van der Waals surface area contributed by atoms with E-state index in [9.17, 15) is 15.3 Å². The molecule has 2 aromatic rings. The minimum atomic E-state index is -0.784. The van der Waals surface area contributed by atoms with Crippen LogP contribution in [0.2, 0.25) is 0 Å². The van der Waals surface area contributed by atoms with Crippen molar-refractivity contribution in [1.29, 1.82) is 10.5 Å². The molecule has 2 atom stereocenters. The Balaban J connectivity index is 1.76. The molecule has 0 saturated carbocycles. The number of fused-ring (bicyclic) bond motifs is 6. The Bertz CT molecular complexity index is 1380. The number of ketones is 1. The minimum absolute atomic E-state index is 0.0561. The summed E-state index contributed by atoms with van der Waals surface area (Å²) in [5.74, 6) is -0.0561. The molecule has 4 aliphatic rings. The topological polar surface area (TPSA) is 67.9 Å². The highest BCUT2D eigenvalue weighted by Crippen LogP contribution is 2.57. The average Bonchev–Trinajstić information content (AvgIpc) is 3.21. The Kier molecular flexibility index (Phi) is 3.51. The molecule has 148 valence electrons. The van der Waals surface area contributed by atoms with Gasteiger partial charge in [-0.3, -0.25) is 4.79 Å². The molecule has 4 heteroatoms. The van der Waals surface area contributed by atoms with E-state index in [1.807, 2.05) is 48.5 Å². The van der Waals surface area contributed by atoms with Gasteiger partial charge in [-0.05, 0) is 55.0 Å². The maximum absolute atomic E-state index is 13.4. The van der Waals surface area contributed by atoms with E-state index in [0.717, 1.165) is 41.8 Å². The lowest BCUT2D eigenvalue weighted by Crippen LogP contribution is -2.40. The van der Waals surface area contributed by atoms with Crippen LogP contribution in [0.1, 0.15) is 47.7 Å². The van der Waals surface area contributed by atoms with Crippen molar-refractivity contribution in [3.63, 3.8) is 0 Å². The van der Waals surface area contributed by atoms with Crippen molar-refractivity contribution in [3.05, 3.63) is 93.7 Å². The van der Waals surface area contributed by atoms with E-state index in [0.29, 0.717) is 22.3 Å². The van der Waals surface area contributed by atoms with E-state index in [4.69, 9.17) is 0 Å². The first kappa shape index (κ1) is 17.9. The standard InChI is InChI=1S/C27H19N3O/c1-27-12-6-7-16-13-19-24(17-8-2-3-9-18(17)25(19)31)20(14-28)23(15-29)30(26(16)27)22-11-5-4-10-21(22)27/h2-5,8-11,13,23H,6-7,12H2,1H3/b19-13-,24-20-. The molecule has 6 rings (SSSR count). The third-order valence-corrected chi connectivity index (χ3v) is 7.27. The van der Waals surface area contributed by atoms with Crippen molar-refractivity contribution in [1.82, 2.24) is 0 Å². The second-order valence-electron chi connectivity index (χ2n) is 8.81. The zero-order valence-corrected chi connectivity index (χ0v) is 17.1. The Morgan fingerprint density at radius 2 is 1.81 bits per heavy atom. The minimum Gasteiger partial charge on any atom is -0.323 e. The number of hydrogen-bond acceptors (Lipinski definition) is 4. The third kappa shape index (κ3) is 2.10. The Morgan fingerprint density at radius 3 is 2.58 bits per heavy atom. The van der Waals surface area contributed by atoms with Crippen LogP contribution in [0.5, 0.6) is 0 Å². The molecule has 0 amide bonds. The second-order valence-corrected chi connectivity index (χ2v) is 8.81. The van der Waals surface area contributed by atoms with Gasteiger partial charge in [-0.15, -0.1) is 0 Å². The van der Waals surface area contributed by atoms with E-state index in [1.54, 1.807) is 0 Å². The maximum atomic E-state index is 13.4. The van der Waals surface area contributed by atoms with Gasteiger partial charge >= 0.3 is 0 Å². The number of rotatable bonds is 0. The molecule has 2 heterocycles. The molecular weight excluding hydrogens is 382 g/mol. The molecule has 0 radical (unpaired) electrons. The molecule has 31 heavy (non-hydrogen) atoms. The fraction of sp³-hybridized carbons (Fsp3) is 0.222. The van der Waals surface area contributed by atoms with E-state index < -0.39 is 6.04 Å². The summed E-state index contributed by atoms with van der Waals surface area (Å²) >= 11 is 0. The molecule has 0 bridgehead atoms. The summed E-state index contributed by atoms with van der Waals surface area (Å²) in [5.41, 5.74) is 7.04. The average molecular weight is 401 g/mol. The van der Waals surface area contributed by atoms with Crippen molar-refractivity contribution in [2.45, 2.75) is 37.6 Å². The van der Waals surface area contributed by atoms with Crippen LogP contribution in [0.3, 0.4) is 0 Å². The van der Waals surface area contributed by atoms with Crippen LogP contribution >= 0.6 is 0 Å². The van der Waals surface area contributed by atoms with Gasteiger partial charge in [0.1, 0.15) is 0 Å².